The van der Waals surface area contributed by atoms with Crippen LogP contribution in [0.1, 0.15) is 5.69 Å². The first-order chi connectivity index (χ1) is 58.9. The first-order valence-electron chi connectivity index (χ1n) is 39.5. The van der Waals surface area contributed by atoms with Crippen molar-refractivity contribution in [2.24, 2.45) is 0 Å². The van der Waals surface area contributed by atoms with Gasteiger partial charge in [-0.1, -0.05) is 291 Å². The van der Waals surface area contributed by atoms with Crippen LogP contribution in [-0.4, -0.2) is 51.6 Å². The summed E-state index contributed by atoms with van der Waals surface area (Å²) in [7, 11) is 2.48. The van der Waals surface area contributed by atoms with Gasteiger partial charge in [-0.2, -0.15) is 0 Å². The molecule has 118 heavy (non-hydrogen) atoms. The second-order valence-electron chi connectivity index (χ2n) is 28.2. The Bertz CT molecular complexity index is 6670. The molecule has 4 heterocycles. The highest BCUT2D eigenvalue weighted by atomic mass is 31.0. The Balaban J connectivity index is 0.000000121. The summed E-state index contributed by atoms with van der Waals surface area (Å²) in [5.74, 6) is 2.41. The predicted molar refractivity (Wildman–Crippen MR) is 497 cm³/mol. The molecule has 21 rings (SSSR count). The molecule has 2 radical (unpaired) electrons. The van der Waals surface area contributed by atoms with Crippen LogP contribution in [0.2, 0.25) is 1.41 Å². The van der Waals surface area contributed by atoms with Gasteiger partial charge in [0.25, 0.3) is 0 Å². The fraction of sp³-hybridized carbons (Fsp3) is 0.00952. The maximum absolute atomic E-state index is 5.89. The van der Waals surface area contributed by atoms with Gasteiger partial charge in [-0.05, 0) is 189 Å². The van der Waals surface area contributed by atoms with Crippen molar-refractivity contribution in [1.29, 1.82) is 5.15 Å². The molecule has 17 aromatic carbocycles. The SMILES string of the molecule is Cc1ccc2cccc([O][Al][O]c3ccc(-c4ccccc4)cc3)c2n1.[2H]N=P.[AlH][O]c1cccc2cccnc12.c1cc(-n2c3ccccc3c3ccccc32)cc(-n2c3ccccc3c3ccccc32)c1.c1ccc(N(c2ccc(-c3ccc(N(c4ccccc4)c4cccc5ccccc45)cc3)cc2)c2cccc3ccccc23)cc1. The number of para-hydroxylation sites is 8. The van der Waals surface area contributed by atoms with E-state index in [1.165, 1.54) is 115 Å². The average Bonchev–Trinajstić information content (AvgIpc) is 1.60. The van der Waals surface area contributed by atoms with Gasteiger partial charge < -0.3 is 30.3 Å². The summed E-state index contributed by atoms with van der Waals surface area (Å²) in [6.07, 6.45) is 1.77. The number of nitrogens with one attached hydrogen (secondary N) is 1. The smallest absolute Gasteiger partial charge is 0.649 e. The average molecular weight is 1570 g/mol. The molecule has 0 aliphatic carbocycles. The van der Waals surface area contributed by atoms with Crippen LogP contribution < -0.4 is 21.2 Å². The monoisotopic (exact) mass is 1570 g/mol. The molecule has 0 aliphatic heterocycles. The lowest BCUT2D eigenvalue weighted by atomic mass is 10.0. The Labute approximate surface area is 704 Å². The van der Waals surface area contributed by atoms with Crippen LogP contribution in [0.3, 0.4) is 0 Å². The number of hydrogen-bond donors (Lipinski definition) is 1. The van der Waals surface area contributed by atoms with Crippen LogP contribution in [0.5, 0.6) is 17.2 Å². The maximum atomic E-state index is 5.89. The van der Waals surface area contributed by atoms with Crippen LogP contribution >= 0.6 is 9.03 Å². The fourth-order valence-electron chi connectivity index (χ4n) is 15.6. The number of aryl methyl sites for hydroxylation is 1. The standard InChI is InChI=1S/C44H32N2.C30H20N2.C12H10O.C10H9NO.C9H7NO.2Al.H2NP.H/c1-3-17-37(18-4-1)45(43-23-11-15-35-13-7-9-21-41(35)43)39-29-25-33(26-30-39)34-27-31-40(32-28-34)46(38-19-5-2-6-20-38)44-24-12-16-36-14-8-10-22-42(36)44;1-5-16-27-23(12-1)24-13-2-6-17-28(24)31(27)21-10-9-11-22(20-21)32-29-18-7-3-14-25(29)26-15-4-8-19-30(26)32;13-12-8-6-11(7-9-12)10-4-2-1-3-5-10;1-7-5-6-8-3-2-4-9(12)10(8)11-7;11-8-5-1-3-7-4-2-6-10-9(7)8;;;1-2;/h1-32H;1-20H;1-9,13H;2-6,12H,1H3;1-6,11H;;;1-2H;/q;;;;;+1;+2;;/p-3/i/hD. The van der Waals surface area contributed by atoms with Gasteiger partial charge in [0.1, 0.15) is 22.5 Å². The number of aromatic nitrogens is 4. The summed E-state index contributed by atoms with van der Waals surface area (Å²) in [6, 6.07) is 151. The zero-order valence-corrected chi connectivity index (χ0v) is 68.3. The Morgan fingerprint density at radius 2 is 0.686 bits per heavy atom. The Morgan fingerprint density at radius 1 is 0.331 bits per heavy atom. The number of rotatable bonds is 15. The molecular formula is C105H78Al2N7O3P. The van der Waals surface area contributed by atoms with Gasteiger partial charge in [-0.15, -0.1) is 0 Å². The minimum absolute atomic E-state index is 0.665. The molecule has 21 aromatic rings. The quantitative estimate of drug-likeness (QED) is 0.0807. The zero-order valence-electron chi connectivity index (χ0n) is 65.7. The lowest BCUT2D eigenvalue weighted by molar-refractivity contribution is 0.461. The minimum atomic E-state index is -0.665. The van der Waals surface area contributed by atoms with Crippen LogP contribution in [0.15, 0.2) is 437 Å². The molecular weight excluding hydrogens is 1490 g/mol. The van der Waals surface area contributed by atoms with Crippen molar-refractivity contribution in [2.45, 2.75) is 6.92 Å². The van der Waals surface area contributed by atoms with Crippen LogP contribution in [0.4, 0.5) is 34.1 Å². The molecule has 0 amide bonds. The third kappa shape index (κ3) is 16.3. The Kier molecular flexibility index (Phi) is 23.0. The van der Waals surface area contributed by atoms with Crippen molar-refractivity contribution in [2.75, 3.05) is 9.80 Å². The van der Waals surface area contributed by atoms with Gasteiger partial charge in [0.2, 0.25) is 0 Å². The van der Waals surface area contributed by atoms with E-state index in [2.05, 4.69) is 389 Å². The molecule has 0 bridgehead atoms. The molecule has 0 unspecified atom stereocenters. The summed E-state index contributed by atoms with van der Waals surface area (Å²) in [5, 5.41) is 14.8. The minimum Gasteiger partial charge on any atom is -0.649 e. The van der Waals surface area contributed by atoms with Gasteiger partial charge >= 0.3 is 32.5 Å². The fourth-order valence-corrected chi connectivity index (χ4v) is 16.4. The van der Waals surface area contributed by atoms with E-state index < -0.39 is 15.9 Å². The van der Waals surface area contributed by atoms with E-state index in [9.17, 15) is 0 Å². The van der Waals surface area contributed by atoms with E-state index in [4.69, 9.17) is 12.8 Å². The summed E-state index contributed by atoms with van der Waals surface area (Å²) >= 11 is 0.801. The van der Waals surface area contributed by atoms with E-state index in [-0.39, 0.29) is 0 Å². The van der Waals surface area contributed by atoms with Crippen molar-refractivity contribution in [3.63, 3.8) is 0 Å². The summed E-state index contributed by atoms with van der Waals surface area (Å²) in [5.41, 5.74) is 21.6. The van der Waals surface area contributed by atoms with Crippen LogP contribution in [0.25, 0.3) is 121 Å². The molecule has 562 valence electrons. The number of hydrogen-bond acceptors (Lipinski definition) is 8. The highest BCUT2D eigenvalue weighted by Gasteiger charge is 2.20. The molecule has 4 aromatic heterocycles. The molecule has 1 N–H and O–H groups in total. The summed E-state index contributed by atoms with van der Waals surface area (Å²) < 4.78 is 27.4. The Morgan fingerprint density at radius 3 is 1.16 bits per heavy atom. The first-order valence-corrected chi connectivity index (χ1v) is 41.0. The lowest BCUT2D eigenvalue weighted by Crippen LogP contribution is -2.11. The third-order valence-electron chi connectivity index (χ3n) is 21.0. The number of nitrogens with zero attached hydrogens (tertiary/aromatic N) is 6. The first kappa shape index (κ1) is 75.2. The number of pyridine rings is 2. The van der Waals surface area contributed by atoms with Gasteiger partial charge in [-0.25, -0.2) is 4.98 Å². The maximum Gasteiger partial charge on any atom is 0.881 e. The number of fused-ring (bicyclic) bond motifs is 10. The molecule has 13 heteroatoms. The second kappa shape index (κ2) is 36.1. The van der Waals surface area contributed by atoms with Gasteiger partial charge in [-0.3, -0.25) is 10.1 Å². The molecule has 0 saturated heterocycles. The summed E-state index contributed by atoms with van der Waals surface area (Å²) in [6.45, 7) is 1.98. The van der Waals surface area contributed by atoms with E-state index in [1.54, 1.807) is 6.20 Å². The normalized spacial score (nSPS) is 10.9. The highest BCUT2D eigenvalue weighted by Crippen LogP contribution is 2.43. The van der Waals surface area contributed by atoms with Crippen LogP contribution in [0, 0.1) is 12.1 Å². The van der Waals surface area contributed by atoms with Crippen molar-refractivity contribution in [3.8, 4) is 50.9 Å². The summed E-state index contributed by atoms with van der Waals surface area (Å²) in [4.78, 5) is 13.5. The Hall–Kier alpha value is -14.2. The molecule has 0 aliphatic rings. The van der Waals surface area contributed by atoms with E-state index in [0.29, 0.717) is 0 Å². The molecule has 0 atom stereocenters. The zero-order chi connectivity index (χ0) is 80.6. The van der Waals surface area contributed by atoms with Crippen molar-refractivity contribution in [3.05, 3.63) is 443 Å². The molecule has 0 saturated carbocycles. The topological polar surface area (TPSA) is 93.7 Å². The van der Waals surface area contributed by atoms with Crippen molar-refractivity contribution < 1.29 is 12.8 Å². The van der Waals surface area contributed by atoms with Gasteiger partial charge in [0, 0.05) is 89.1 Å². The van der Waals surface area contributed by atoms with E-state index in [1.807, 2.05) is 91.9 Å². The second-order valence-corrected chi connectivity index (χ2v) is 29.1. The van der Waals surface area contributed by atoms with Gasteiger partial charge in [0.05, 0.1) is 39.2 Å². The number of benzene rings is 17. The largest absolute Gasteiger partial charge is 0.881 e. The molecule has 0 spiro atoms. The van der Waals surface area contributed by atoms with Crippen molar-refractivity contribution >= 4 is 163 Å². The lowest BCUT2D eigenvalue weighted by Gasteiger charge is -2.27. The third-order valence-corrected chi connectivity index (χ3v) is 22.1. The number of anilines is 6. The predicted octanol–water partition coefficient (Wildman–Crippen LogP) is 28.0. The highest BCUT2D eigenvalue weighted by molar-refractivity contribution is 7.02. The van der Waals surface area contributed by atoms with Gasteiger partial charge in [0.15, 0.2) is 1.41 Å². The van der Waals surface area contributed by atoms with Crippen molar-refractivity contribution in [1.82, 2.24) is 19.1 Å². The molecule has 10 nitrogen and oxygen atoms in total. The van der Waals surface area contributed by atoms with Crippen LogP contribution in [-0.2, 0) is 0 Å². The van der Waals surface area contributed by atoms with E-state index in [0.717, 1.165) is 78.9 Å². The van der Waals surface area contributed by atoms with E-state index >= 15 is 0 Å². The molecule has 0 fully saturated rings.